The third kappa shape index (κ3) is 2.43. The molecule has 1 aromatic rings. The molecule has 1 unspecified atom stereocenters. The van der Waals surface area contributed by atoms with Gasteiger partial charge in [-0.05, 0) is 31.0 Å². The van der Waals surface area contributed by atoms with E-state index in [2.05, 4.69) is 0 Å². The van der Waals surface area contributed by atoms with Gasteiger partial charge in [-0.1, -0.05) is 30.1 Å². The number of hydrogen-bond donors (Lipinski definition) is 1. The summed E-state index contributed by atoms with van der Waals surface area (Å²) in [5, 5.41) is 10.9. The highest BCUT2D eigenvalue weighted by atomic mass is 35.5. The van der Waals surface area contributed by atoms with Crippen molar-refractivity contribution in [1.29, 1.82) is 0 Å². The molecule has 0 saturated heterocycles. The highest BCUT2D eigenvalue weighted by Crippen LogP contribution is 2.42. The Labute approximate surface area is 132 Å². The first-order valence-corrected chi connectivity index (χ1v) is 7.20. The minimum Gasteiger partial charge on any atom is -0.506 e. The van der Waals surface area contributed by atoms with Crippen LogP contribution in [0, 0.1) is 6.92 Å². The normalized spacial score (nSPS) is 17.8. The number of carbonyl (C=O) groups excluding carboxylic acids is 2. The number of halogens is 2. The van der Waals surface area contributed by atoms with E-state index in [1.807, 2.05) is 0 Å². The second-order valence-electron chi connectivity index (χ2n) is 4.79. The fourth-order valence-electron chi connectivity index (χ4n) is 2.43. The number of benzene rings is 1. The standard InChI is InChI=1S/C15H14Cl2O4/c1-4-21-15(20)11-13(18)6(2)8-5-9(16)12(17)7(3)10(8)14(11)19/h5-6,19H,4H2,1-3H3. The zero-order chi connectivity index (χ0) is 15.9. The van der Waals surface area contributed by atoms with Crippen molar-refractivity contribution in [2.24, 2.45) is 0 Å². The number of ether oxygens (including phenoxy) is 1. The number of aliphatic hydroxyl groups excluding tert-OH is 1. The van der Waals surface area contributed by atoms with E-state index >= 15 is 0 Å². The summed E-state index contributed by atoms with van der Waals surface area (Å²) in [7, 11) is 0. The van der Waals surface area contributed by atoms with Crippen molar-refractivity contribution in [3.63, 3.8) is 0 Å². The predicted octanol–water partition coefficient (Wildman–Crippen LogP) is 3.82. The van der Waals surface area contributed by atoms with Crippen LogP contribution in [-0.4, -0.2) is 23.5 Å². The predicted molar refractivity (Wildman–Crippen MR) is 80.8 cm³/mol. The molecule has 2 rings (SSSR count). The average molecular weight is 329 g/mol. The van der Waals surface area contributed by atoms with E-state index in [1.54, 1.807) is 26.8 Å². The molecular formula is C15H14Cl2O4. The molecule has 0 aliphatic heterocycles. The number of ketones is 1. The van der Waals surface area contributed by atoms with Gasteiger partial charge in [0.25, 0.3) is 0 Å². The number of aliphatic hydroxyl groups is 1. The molecule has 1 aliphatic carbocycles. The first kappa shape index (κ1) is 15.9. The lowest BCUT2D eigenvalue weighted by atomic mass is 9.80. The second kappa shape index (κ2) is 5.70. The monoisotopic (exact) mass is 328 g/mol. The van der Waals surface area contributed by atoms with Crippen LogP contribution < -0.4 is 0 Å². The van der Waals surface area contributed by atoms with Crippen molar-refractivity contribution in [1.82, 2.24) is 0 Å². The number of fused-ring (bicyclic) bond motifs is 1. The van der Waals surface area contributed by atoms with E-state index in [0.29, 0.717) is 21.7 Å². The molecule has 1 N–H and O–H groups in total. The van der Waals surface area contributed by atoms with Gasteiger partial charge in [0.05, 0.1) is 16.7 Å². The van der Waals surface area contributed by atoms with Crippen LogP contribution in [0.15, 0.2) is 11.6 Å². The summed E-state index contributed by atoms with van der Waals surface area (Å²) in [6.07, 6.45) is 0. The highest BCUT2D eigenvalue weighted by molar-refractivity contribution is 6.43. The summed E-state index contributed by atoms with van der Waals surface area (Å²) in [6.45, 7) is 5.07. The minimum atomic E-state index is -0.831. The van der Waals surface area contributed by atoms with Crippen molar-refractivity contribution in [2.45, 2.75) is 26.7 Å². The first-order chi connectivity index (χ1) is 9.81. The van der Waals surface area contributed by atoms with Gasteiger partial charge in [0, 0.05) is 11.5 Å². The van der Waals surface area contributed by atoms with Crippen molar-refractivity contribution in [3.05, 3.63) is 38.4 Å². The molecule has 1 aliphatic rings. The van der Waals surface area contributed by atoms with Crippen molar-refractivity contribution in [2.75, 3.05) is 6.61 Å². The maximum atomic E-state index is 12.3. The van der Waals surface area contributed by atoms with Crippen LogP contribution in [0.5, 0.6) is 0 Å². The summed E-state index contributed by atoms with van der Waals surface area (Å²) >= 11 is 12.1. The van der Waals surface area contributed by atoms with Gasteiger partial charge in [0.15, 0.2) is 5.78 Å². The molecule has 0 aromatic heterocycles. The van der Waals surface area contributed by atoms with Crippen molar-refractivity contribution < 1.29 is 19.4 Å². The van der Waals surface area contributed by atoms with E-state index in [1.165, 1.54) is 0 Å². The summed E-state index contributed by atoms with van der Waals surface area (Å²) in [6, 6.07) is 1.55. The van der Waals surface area contributed by atoms with Crippen LogP contribution >= 0.6 is 23.2 Å². The Kier molecular flexibility index (Phi) is 4.30. The quantitative estimate of drug-likeness (QED) is 0.662. The Hall–Kier alpha value is -1.52. The van der Waals surface area contributed by atoms with E-state index in [-0.39, 0.29) is 17.2 Å². The van der Waals surface area contributed by atoms with E-state index in [0.717, 1.165) is 0 Å². The van der Waals surface area contributed by atoms with Gasteiger partial charge in [-0.2, -0.15) is 0 Å². The molecule has 0 spiro atoms. The Morgan fingerprint density at radius 2 is 2.05 bits per heavy atom. The second-order valence-corrected chi connectivity index (χ2v) is 5.58. The average Bonchev–Trinajstić information content (AvgIpc) is 2.42. The van der Waals surface area contributed by atoms with Crippen LogP contribution in [0.4, 0.5) is 0 Å². The number of esters is 1. The van der Waals surface area contributed by atoms with E-state index in [4.69, 9.17) is 27.9 Å². The Bertz CT molecular complexity index is 677. The number of carbonyl (C=O) groups is 2. The lowest BCUT2D eigenvalue weighted by Crippen LogP contribution is -2.27. The van der Waals surface area contributed by atoms with Crippen LogP contribution in [-0.2, 0) is 14.3 Å². The molecule has 0 fully saturated rings. The van der Waals surface area contributed by atoms with Gasteiger partial charge in [-0.15, -0.1) is 0 Å². The fourth-order valence-corrected chi connectivity index (χ4v) is 2.84. The Morgan fingerprint density at radius 1 is 1.43 bits per heavy atom. The highest BCUT2D eigenvalue weighted by Gasteiger charge is 2.37. The van der Waals surface area contributed by atoms with Gasteiger partial charge in [-0.25, -0.2) is 4.79 Å². The van der Waals surface area contributed by atoms with Gasteiger partial charge in [0.2, 0.25) is 0 Å². The molecule has 6 heteroatoms. The summed E-state index contributed by atoms with van der Waals surface area (Å²) in [4.78, 5) is 24.2. The smallest absolute Gasteiger partial charge is 0.345 e. The third-order valence-electron chi connectivity index (χ3n) is 3.54. The fraction of sp³-hybridized carbons (Fsp3) is 0.333. The summed E-state index contributed by atoms with van der Waals surface area (Å²) in [5.41, 5.74) is 1.12. The summed E-state index contributed by atoms with van der Waals surface area (Å²) in [5.74, 6) is -2.33. The topological polar surface area (TPSA) is 63.6 Å². The molecule has 0 heterocycles. The SMILES string of the molecule is CCOC(=O)C1=C(O)c2c(cc(Cl)c(Cl)c2C)C(C)C1=O. The van der Waals surface area contributed by atoms with Crippen LogP contribution in [0.25, 0.3) is 5.76 Å². The first-order valence-electron chi connectivity index (χ1n) is 6.44. The zero-order valence-electron chi connectivity index (χ0n) is 11.8. The van der Waals surface area contributed by atoms with E-state index in [9.17, 15) is 14.7 Å². The third-order valence-corrected chi connectivity index (χ3v) is 4.43. The number of rotatable bonds is 2. The lowest BCUT2D eigenvalue weighted by molar-refractivity contribution is -0.140. The largest absolute Gasteiger partial charge is 0.506 e. The Balaban J connectivity index is 2.76. The maximum Gasteiger partial charge on any atom is 0.345 e. The molecule has 112 valence electrons. The zero-order valence-corrected chi connectivity index (χ0v) is 13.3. The van der Waals surface area contributed by atoms with Gasteiger partial charge in [-0.3, -0.25) is 4.79 Å². The van der Waals surface area contributed by atoms with Gasteiger partial charge >= 0.3 is 5.97 Å². The molecule has 1 aromatic carbocycles. The number of Topliss-reactive ketones (excluding diaryl/α,β-unsaturated/α-hetero) is 1. The van der Waals surface area contributed by atoms with Crippen LogP contribution in [0.2, 0.25) is 10.0 Å². The lowest BCUT2D eigenvalue weighted by Gasteiger charge is -2.25. The maximum absolute atomic E-state index is 12.3. The molecule has 0 bridgehead atoms. The van der Waals surface area contributed by atoms with Crippen molar-refractivity contribution >= 4 is 40.7 Å². The molecule has 21 heavy (non-hydrogen) atoms. The minimum absolute atomic E-state index is 0.116. The van der Waals surface area contributed by atoms with Gasteiger partial charge < -0.3 is 9.84 Å². The Morgan fingerprint density at radius 3 is 2.62 bits per heavy atom. The molecule has 4 nitrogen and oxygen atoms in total. The molecule has 0 saturated carbocycles. The number of hydrogen-bond acceptors (Lipinski definition) is 4. The van der Waals surface area contributed by atoms with Gasteiger partial charge in [0.1, 0.15) is 11.3 Å². The molecule has 0 amide bonds. The molecule has 1 atom stereocenters. The van der Waals surface area contributed by atoms with E-state index < -0.39 is 23.4 Å². The molecular weight excluding hydrogens is 315 g/mol. The van der Waals surface area contributed by atoms with Crippen molar-refractivity contribution in [3.8, 4) is 0 Å². The summed E-state index contributed by atoms with van der Waals surface area (Å²) < 4.78 is 4.84. The van der Waals surface area contributed by atoms with Crippen LogP contribution in [0.3, 0.4) is 0 Å². The van der Waals surface area contributed by atoms with Crippen LogP contribution in [0.1, 0.15) is 36.5 Å². The molecule has 0 radical (unpaired) electrons.